The van der Waals surface area contributed by atoms with Gasteiger partial charge in [0, 0.05) is 10.9 Å². The highest BCUT2D eigenvalue weighted by Crippen LogP contribution is 2.36. The first kappa shape index (κ1) is 24.9. The minimum Gasteiger partial charge on any atom is -0.492 e. The van der Waals surface area contributed by atoms with Crippen molar-refractivity contribution in [3.63, 3.8) is 0 Å². The van der Waals surface area contributed by atoms with Gasteiger partial charge < -0.3 is 15.7 Å². The van der Waals surface area contributed by atoms with Gasteiger partial charge in [0.1, 0.15) is 4.88 Å². The highest BCUT2D eigenvalue weighted by Gasteiger charge is 2.30. The van der Waals surface area contributed by atoms with E-state index in [-0.39, 0.29) is 32.9 Å². The molecule has 5 rings (SSSR count). The third-order valence-corrected chi connectivity index (χ3v) is 7.82. The Hall–Kier alpha value is -3.82. The molecule has 9 nitrogen and oxygen atoms in total. The molecule has 0 radical (unpaired) electrons. The lowest BCUT2D eigenvalue weighted by Crippen LogP contribution is -2.22. The lowest BCUT2D eigenvalue weighted by molar-refractivity contribution is -0.137. The number of carbonyl (C=O) groups is 2. The zero-order valence-electron chi connectivity index (χ0n) is 18.2. The van der Waals surface area contributed by atoms with Crippen LogP contribution in [0.5, 0.6) is 5.88 Å². The third-order valence-electron chi connectivity index (χ3n) is 4.87. The van der Waals surface area contributed by atoms with Crippen LogP contribution in [0.3, 0.4) is 0 Å². The first-order chi connectivity index (χ1) is 17.7. The number of hydrogen-bond donors (Lipinski definition) is 3. The van der Waals surface area contributed by atoms with Gasteiger partial charge in [-0.1, -0.05) is 58.7 Å². The Labute approximate surface area is 217 Å². The smallest absolute Gasteiger partial charge is 0.416 e. The van der Waals surface area contributed by atoms with Crippen molar-refractivity contribution in [2.45, 2.75) is 10.5 Å². The number of aromatic nitrogens is 3. The largest absolute Gasteiger partial charge is 0.492 e. The fourth-order valence-corrected chi connectivity index (χ4v) is 5.84. The number of amides is 2. The Morgan fingerprint density at radius 3 is 2.68 bits per heavy atom. The predicted molar refractivity (Wildman–Crippen MR) is 133 cm³/mol. The van der Waals surface area contributed by atoms with Crippen LogP contribution in [0.1, 0.15) is 10.4 Å². The van der Waals surface area contributed by atoms with Crippen LogP contribution < -0.4 is 21.2 Å². The topological polar surface area (TPSA) is 129 Å². The molecule has 15 heteroatoms. The molecule has 4 aromatic rings. The van der Waals surface area contributed by atoms with Crippen molar-refractivity contribution in [3.8, 4) is 5.88 Å². The molecule has 0 aliphatic carbocycles. The van der Waals surface area contributed by atoms with Crippen LogP contribution in [0, 0.1) is 0 Å². The van der Waals surface area contributed by atoms with Crippen molar-refractivity contribution >= 4 is 67.8 Å². The highest BCUT2D eigenvalue weighted by atomic mass is 32.2. The van der Waals surface area contributed by atoms with Crippen LogP contribution in [-0.2, 0) is 15.8 Å². The average molecular weight is 563 g/mol. The van der Waals surface area contributed by atoms with E-state index in [0.29, 0.717) is 20.0 Å². The molecule has 3 N–H and O–H groups in total. The molecule has 2 aromatic carbocycles. The van der Waals surface area contributed by atoms with Gasteiger partial charge in [-0.3, -0.25) is 9.59 Å². The van der Waals surface area contributed by atoms with E-state index in [1.807, 2.05) is 0 Å². The highest BCUT2D eigenvalue weighted by molar-refractivity contribution is 8.01. The summed E-state index contributed by atoms with van der Waals surface area (Å²) in [4.78, 5) is 32.9. The Kier molecular flexibility index (Phi) is 6.66. The molecule has 1 aliphatic heterocycles. The number of thiazole rings is 1. The van der Waals surface area contributed by atoms with Gasteiger partial charge >= 0.3 is 6.18 Å². The molecule has 37 heavy (non-hydrogen) atoms. The normalized spacial score (nSPS) is 12.8. The van der Waals surface area contributed by atoms with Gasteiger partial charge in [-0.2, -0.15) is 18.2 Å². The van der Waals surface area contributed by atoms with Gasteiger partial charge in [-0.15, -0.1) is 10.2 Å². The van der Waals surface area contributed by atoms with Gasteiger partial charge in [0.2, 0.25) is 16.9 Å². The van der Waals surface area contributed by atoms with Gasteiger partial charge in [0.25, 0.3) is 5.91 Å². The lowest BCUT2D eigenvalue weighted by Gasteiger charge is -2.09. The summed E-state index contributed by atoms with van der Waals surface area (Å²) in [6.07, 6.45) is -4.51. The number of thioether (sulfide) groups is 1. The number of benzene rings is 2. The molecule has 0 saturated carbocycles. The number of anilines is 3. The summed E-state index contributed by atoms with van der Waals surface area (Å²) in [7, 11) is 0. The monoisotopic (exact) mass is 562 g/mol. The van der Waals surface area contributed by atoms with Crippen molar-refractivity contribution in [1.82, 2.24) is 15.2 Å². The number of halogens is 3. The summed E-state index contributed by atoms with van der Waals surface area (Å²) in [5, 5.41) is 25.3. The predicted octanol–water partition coefficient (Wildman–Crippen LogP) is 3.55. The first-order valence-electron chi connectivity index (χ1n) is 10.3. The molecule has 0 atom stereocenters. The second-order valence-electron chi connectivity index (χ2n) is 7.39. The zero-order valence-corrected chi connectivity index (χ0v) is 20.7. The molecule has 3 heterocycles. The van der Waals surface area contributed by atoms with Crippen LogP contribution >= 0.6 is 34.4 Å². The number of nitrogens with one attached hydrogen (secondary N) is 2. The molecule has 0 unspecified atom stereocenters. The van der Waals surface area contributed by atoms with E-state index in [9.17, 15) is 27.9 Å². The summed E-state index contributed by atoms with van der Waals surface area (Å²) in [6, 6.07) is 11.3. The van der Waals surface area contributed by atoms with Crippen LogP contribution in [-0.4, -0.2) is 37.9 Å². The molecule has 1 aliphatic rings. The van der Waals surface area contributed by atoms with Crippen molar-refractivity contribution in [3.05, 3.63) is 69.5 Å². The summed E-state index contributed by atoms with van der Waals surface area (Å²) >= 11 is 3.21. The van der Waals surface area contributed by atoms with Crippen LogP contribution in [0.15, 0.2) is 57.9 Å². The van der Waals surface area contributed by atoms with Gasteiger partial charge in [0.05, 0.1) is 22.2 Å². The molecule has 0 fully saturated rings. The minimum absolute atomic E-state index is 0.0356. The van der Waals surface area contributed by atoms with E-state index < -0.39 is 23.6 Å². The van der Waals surface area contributed by atoms with E-state index in [1.165, 1.54) is 12.1 Å². The van der Waals surface area contributed by atoms with Gasteiger partial charge in [0.15, 0.2) is 9.47 Å². The van der Waals surface area contributed by atoms with Gasteiger partial charge in [-0.05, 0) is 24.3 Å². The number of rotatable bonds is 7. The Bertz CT molecular complexity index is 1650. The minimum atomic E-state index is -4.51. The summed E-state index contributed by atoms with van der Waals surface area (Å²) in [5.41, 5.74) is -0.559. The van der Waals surface area contributed by atoms with Crippen molar-refractivity contribution in [2.24, 2.45) is 4.99 Å². The van der Waals surface area contributed by atoms with E-state index in [1.54, 1.807) is 24.3 Å². The number of carbonyl (C=O) groups excluding carboxylic acids is 2. The Morgan fingerprint density at radius 2 is 1.86 bits per heavy atom. The number of aromatic hydroxyl groups is 1. The van der Waals surface area contributed by atoms with E-state index in [2.05, 4.69) is 30.8 Å². The number of nitrogens with zero attached hydrogens (tertiary/aromatic N) is 4. The number of fused-ring (bicyclic) bond motifs is 1. The second-order valence-corrected chi connectivity index (χ2v) is 10.6. The van der Waals surface area contributed by atoms with Crippen LogP contribution in [0.4, 0.5) is 29.1 Å². The summed E-state index contributed by atoms with van der Waals surface area (Å²) in [6.45, 7) is 0. The fourth-order valence-electron chi connectivity index (χ4n) is 3.32. The van der Waals surface area contributed by atoms with Crippen LogP contribution in [0.2, 0.25) is 0 Å². The molecule has 0 bridgehead atoms. The average Bonchev–Trinajstić information content (AvgIpc) is 3.53. The summed E-state index contributed by atoms with van der Waals surface area (Å²) in [5.74, 6) is -1.40. The zero-order chi connectivity index (χ0) is 26.2. The molecule has 2 amide bonds. The van der Waals surface area contributed by atoms with Crippen molar-refractivity contribution < 1.29 is 27.9 Å². The number of para-hydroxylation sites is 1. The second kappa shape index (κ2) is 9.91. The summed E-state index contributed by atoms with van der Waals surface area (Å²) < 4.78 is 38.9. The molecule has 2 aromatic heterocycles. The van der Waals surface area contributed by atoms with E-state index in [4.69, 9.17) is 0 Å². The fraction of sp³-hybridized carbons (Fsp3) is 0.0909. The number of hydrogen-bond acceptors (Lipinski definition) is 10. The molecule has 0 saturated heterocycles. The molecule has 188 valence electrons. The third kappa shape index (κ3) is 5.47. The molecular formula is C22H13F3N6O3S3. The SMILES string of the molecule is O=C(CSc1nnc(Nc2nc(O)c(C3=c4ccccc4=NC3=O)s2)s1)Nc1cccc(C(F)(F)F)c1. The molecular weight excluding hydrogens is 549 g/mol. The lowest BCUT2D eigenvalue weighted by atomic mass is 10.1. The maximum atomic E-state index is 12.8. The van der Waals surface area contributed by atoms with Crippen molar-refractivity contribution in [2.75, 3.05) is 16.4 Å². The first-order valence-corrected chi connectivity index (χ1v) is 12.9. The maximum absolute atomic E-state index is 12.8. The quantitative estimate of drug-likeness (QED) is 0.292. The van der Waals surface area contributed by atoms with Crippen LogP contribution in [0.25, 0.3) is 5.57 Å². The van der Waals surface area contributed by atoms with Gasteiger partial charge in [-0.25, -0.2) is 4.99 Å². The standard InChI is InChI=1S/C22H13F3N6O3S3/c23-22(24,25)10-4-3-5-11(8-10)26-14(32)9-35-21-31-30-20(37-21)29-19-28-18(34)16(36-19)15-12-6-1-2-7-13(12)27-17(15)33/h1-8,34H,9H2,(H,26,32)(H,28,29,30). The Morgan fingerprint density at radius 1 is 1.05 bits per heavy atom. The van der Waals surface area contributed by atoms with E-state index >= 15 is 0 Å². The van der Waals surface area contributed by atoms with Crippen molar-refractivity contribution in [1.29, 1.82) is 0 Å². The Balaban J connectivity index is 1.22. The molecule has 0 spiro atoms. The van der Waals surface area contributed by atoms with E-state index in [0.717, 1.165) is 46.6 Å². The maximum Gasteiger partial charge on any atom is 0.416 e. The number of alkyl halides is 3.